The predicted molar refractivity (Wildman–Crippen MR) is 113 cm³/mol. The lowest BCUT2D eigenvalue weighted by Gasteiger charge is -2.13. The number of nitrogens with one attached hydrogen (secondary N) is 3. The molecule has 0 aliphatic carbocycles. The highest BCUT2D eigenvalue weighted by Crippen LogP contribution is 2.20. The van der Waals surface area contributed by atoms with Gasteiger partial charge in [-0.05, 0) is 29.8 Å². The van der Waals surface area contributed by atoms with Gasteiger partial charge in [0.15, 0.2) is 5.96 Å². The smallest absolute Gasteiger partial charge is 0.243 e. The van der Waals surface area contributed by atoms with Crippen LogP contribution in [0.4, 0.5) is 5.69 Å². The monoisotopic (exact) mass is 493 g/mol. The highest BCUT2D eigenvalue weighted by molar-refractivity contribution is 14.0. The number of aromatic nitrogens is 1. The van der Waals surface area contributed by atoms with Gasteiger partial charge in [0.2, 0.25) is 5.91 Å². The van der Waals surface area contributed by atoms with Crippen LogP contribution in [0, 0.1) is 0 Å². The number of guanidine groups is 1. The molecule has 1 heterocycles. The highest BCUT2D eigenvalue weighted by Gasteiger charge is 2.06. The number of anilines is 1. The number of rotatable bonds is 5. The largest absolute Gasteiger partial charge is 0.352 e. The van der Waals surface area contributed by atoms with Crippen LogP contribution in [-0.4, -0.2) is 30.4 Å². The SMILES string of the molecule is CN=C(NCC(=O)Nc1cccnc1)NCc1ccc(Cl)cc1Cl.I. The van der Waals surface area contributed by atoms with Crippen LogP contribution in [0.25, 0.3) is 0 Å². The first-order valence-electron chi connectivity index (χ1n) is 7.17. The maximum Gasteiger partial charge on any atom is 0.243 e. The molecule has 0 atom stereocenters. The topological polar surface area (TPSA) is 78.4 Å². The molecular formula is C16H18Cl2IN5O. The molecule has 1 aromatic carbocycles. The van der Waals surface area contributed by atoms with Gasteiger partial charge in [0.25, 0.3) is 0 Å². The first kappa shape index (κ1) is 21.5. The fourth-order valence-electron chi connectivity index (χ4n) is 1.87. The van der Waals surface area contributed by atoms with Crippen molar-refractivity contribution in [3.05, 3.63) is 58.3 Å². The van der Waals surface area contributed by atoms with E-state index in [1.165, 1.54) is 0 Å². The van der Waals surface area contributed by atoms with E-state index < -0.39 is 0 Å². The van der Waals surface area contributed by atoms with Crippen LogP contribution in [-0.2, 0) is 11.3 Å². The van der Waals surface area contributed by atoms with Crippen molar-refractivity contribution in [1.29, 1.82) is 0 Å². The third-order valence-electron chi connectivity index (χ3n) is 3.05. The Morgan fingerprint density at radius 2 is 2.04 bits per heavy atom. The van der Waals surface area contributed by atoms with Crippen molar-refractivity contribution in [3.8, 4) is 0 Å². The third-order valence-corrected chi connectivity index (χ3v) is 3.63. The van der Waals surface area contributed by atoms with Crippen LogP contribution < -0.4 is 16.0 Å². The summed E-state index contributed by atoms with van der Waals surface area (Å²) in [5, 5.41) is 9.89. The molecule has 0 radical (unpaired) electrons. The van der Waals surface area contributed by atoms with Gasteiger partial charge in [-0.15, -0.1) is 24.0 Å². The first-order valence-corrected chi connectivity index (χ1v) is 7.92. The Kier molecular flexibility index (Phi) is 9.54. The molecule has 0 aliphatic heterocycles. The number of amides is 1. The van der Waals surface area contributed by atoms with Crippen molar-refractivity contribution in [2.24, 2.45) is 4.99 Å². The molecule has 0 unspecified atom stereocenters. The van der Waals surface area contributed by atoms with Gasteiger partial charge in [-0.3, -0.25) is 14.8 Å². The zero-order chi connectivity index (χ0) is 17.4. The van der Waals surface area contributed by atoms with Crippen LogP contribution in [0.5, 0.6) is 0 Å². The van der Waals surface area contributed by atoms with E-state index >= 15 is 0 Å². The third kappa shape index (κ3) is 7.45. The number of halogens is 3. The van der Waals surface area contributed by atoms with Crippen molar-refractivity contribution in [2.45, 2.75) is 6.54 Å². The number of carbonyl (C=O) groups is 1. The van der Waals surface area contributed by atoms with E-state index in [1.807, 2.05) is 6.07 Å². The van der Waals surface area contributed by atoms with E-state index in [2.05, 4.69) is 25.9 Å². The number of carbonyl (C=O) groups excluding carboxylic acids is 1. The maximum atomic E-state index is 11.9. The van der Waals surface area contributed by atoms with Gasteiger partial charge in [0.05, 0.1) is 18.4 Å². The summed E-state index contributed by atoms with van der Waals surface area (Å²) in [5.74, 6) is 0.290. The Morgan fingerprint density at radius 3 is 2.68 bits per heavy atom. The average Bonchev–Trinajstić information content (AvgIpc) is 2.57. The molecular weight excluding hydrogens is 476 g/mol. The minimum Gasteiger partial charge on any atom is -0.352 e. The summed E-state index contributed by atoms with van der Waals surface area (Å²) in [6.07, 6.45) is 3.22. The minimum atomic E-state index is -0.199. The van der Waals surface area contributed by atoms with Gasteiger partial charge in [0, 0.05) is 29.8 Å². The molecule has 0 aliphatic rings. The van der Waals surface area contributed by atoms with Crippen molar-refractivity contribution >= 4 is 64.7 Å². The Labute approximate surface area is 173 Å². The van der Waals surface area contributed by atoms with Gasteiger partial charge >= 0.3 is 0 Å². The molecule has 0 bridgehead atoms. The fourth-order valence-corrected chi connectivity index (χ4v) is 2.35. The van der Waals surface area contributed by atoms with E-state index in [0.717, 1.165) is 5.56 Å². The average molecular weight is 494 g/mol. The van der Waals surface area contributed by atoms with E-state index in [9.17, 15) is 4.79 Å². The lowest BCUT2D eigenvalue weighted by atomic mass is 10.2. The van der Waals surface area contributed by atoms with Gasteiger partial charge in [-0.1, -0.05) is 29.3 Å². The lowest BCUT2D eigenvalue weighted by molar-refractivity contribution is -0.115. The molecule has 134 valence electrons. The van der Waals surface area contributed by atoms with Gasteiger partial charge in [0.1, 0.15) is 0 Å². The zero-order valence-corrected chi connectivity index (χ0v) is 17.3. The molecule has 3 N–H and O–H groups in total. The zero-order valence-electron chi connectivity index (χ0n) is 13.4. The Bertz CT molecular complexity index is 728. The molecule has 1 amide bonds. The second-order valence-corrected chi connectivity index (χ2v) is 5.65. The molecule has 0 spiro atoms. The van der Waals surface area contributed by atoms with Crippen LogP contribution in [0.3, 0.4) is 0 Å². The van der Waals surface area contributed by atoms with E-state index in [4.69, 9.17) is 23.2 Å². The molecule has 2 rings (SSSR count). The summed E-state index contributed by atoms with van der Waals surface area (Å²) < 4.78 is 0. The van der Waals surface area contributed by atoms with Crippen molar-refractivity contribution in [3.63, 3.8) is 0 Å². The molecule has 0 saturated heterocycles. The van der Waals surface area contributed by atoms with Crippen molar-refractivity contribution < 1.29 is 4.79 Å². The van der Waals surface area contributed by atoms with Crippen LogP contribution >= 0.6 is 47.2 Å². The standard InChI is InChI=1S/C16H17Cl2N5O.HI/c1-19-16(21-8-11-4-5-12(17)7-14(11)18)22-10-15(24)23-13-3-2-6-20-9-13;/h2-7,9H,8,10H2,1H3,(H,23,24)(H2,19,21,22);1H. The maximum absolute atomic E-state index is 11.9. The van der Waals surface area contributed by atoms with Gasteiger partial charge in [-0.25, -0.2) is 0 Å². The van der Waals surface area contributed by atoms with Crippen LogP contribution in [0.15, 0.2) is 47.7 Å². The van der Waals surface area contributed by atoms with Crippen LogP contribution in [0.1, 0.15) is 5.56 Å². The molecule has 2 aromatic rings. The van der Waals surface area contributed by atoms with E-state index in [-0.39, 0.29) is 36.4 Å². The first-order chi connectivity index (χ1) is 11.6. The summed E-state index contributed by atoms with van der Waals surface area (Å²) in [6, 6.07) is 8.79. The number of hydrogen-bond acceptors (Lipinski definition) is 3. The fraction of sp³-hybridized carbons (Fsp3) is 0.188. The molecule has 1 aromatic heterocycles. The lowest BCUT2D eigenvalue weighted by Crippen LogP contribution is -2.41. The summed E-state index contributed by atoms with van der Waals surface area (Å²) in [4.78, 5) is 19.9. The Hall–Kier alpha value is -1.58. The molecule has 6 nitrogen and oxygen atoms in total. The van der Waals surface area contributed by atoms with Crippen LogP contribution in [0.2, 0.25) is 10.0 Å². The van der Waals surface area contributed by atoms with Gasteiger partial charge in [-0.2, -0.15) is 0 Å². The van der Waals surface area contributed by atoms with E-state index in [0.29, 0.717) is 28.2 Å². The molecule has 25 heavy (non-hydrogen) atoms. The summed E-state index contributed by atoms with van der Waals surface area (Å²) >= 11 is 12.0. The minimum absolute atomic E-state index is 0. The normalized spacial score (nSPS) is 10.6. The van der Waals surface area contributed by atoms with E-state index in [1.54, 1.807) is 43.7 Å². The van der Waals surface area contributed by atoms with Gasteiger partial charge < -0.3 is 16.0 Å². The Balaban J connectivity index is 0.00000312. The highest BCUT2D eigenvalue weighted by atomic mass is 127. The number of aliphatic imine (C=N–C) groups is 1. The molecule has 9 heteroatoms. The number of hydrogen-bond donors (Lipinski definition) is 3. The second kappa shape index (κ2) is 11.1. The molecule has 0 fully saturated rings. The number of pyridine rings is 1. The molecule has 0 saturated carbocycles. The second-order valence-electron chi connectivity index (χ2n) is 4.80. The number of nitrogens with zero attached hydrogens (tertiary/aromatic N) is 2. The van der Waals surface area contributed by atoms with Crippen molar-refractivity contribution in [2.75, 3.05) is 18.9 Å². The Morgan fingerprint density at radius 1 is 1.24 bits per heavy atom. The summed E-state index contributed by atoms with van der Waals surface area (Å²) in [6.45, 7) is 0.531. The predicted octanol–water partition coefficient (Wildman–Crippen LogP) is 3.31. The summed E-state index contributed by atoms with van der Waals surface area (Å²) in [5.41, 5.74) is 1.52. The number of benzene rings is 1. The summed E-state index contributed by atoms with van der Waals surface area (Å²) in [7, 11) is 1.62. The van der Waals surface area contributed by atoms with Crippen molar-refractivity contribution in [1.82, 2.24) is 15.6 Å². The quantitative estimate of drug-likeness (QED) is 0.339.